The van der Waals surface area contributed by atoms with Crippen LogP contribution in [0.2, 0.25) is 0 Å². The van der Waals surface area contributed by atoms with Crippen molar-refractivity contribution in [3.05, 3.63) is 53.9 Å². The number of β-amino-alcohol motifs (C(OH)–C–C–N with tert-alkyl or cyclic N) is 1. The molecule has 0 bridgehead atoms. The Labute approximate surface area is 288 Å². The van der Waals surface area contributed by atoms with Crippen LogP contribution in [0.3, 0.4) is 0 Å². The number of aliphatic hydroxyl groups excluding tert-OH is 1. The van der Waals surface area contributed by atoms with Crippen LogP contribution in [0.1, 0.15) is 90.4 Å². The first-order chi connectivity index (χ1) is 23.2. The molecule has 5 rings (SSSR count). The van der Waals surface area contributed by atoms with Crippen LogP contribution in [0.25, 0.3) is 11.3 Å². The van der Waals surface area contributed by atoms with Gasteiger partial charge < -0.3 is 28.9 Å². The van der Waals surface area contributed by atoms with Crippen molar-refractivity contribution in [3.8, 4) is 17.1 Å². The van der Waals surface area contributed by atoms with Gasteiger partial charge in [0.25, 0.3) is 5.88 Å². The minimum absolute atomic E-state index is 0.0674. The van der Waals surface area contributed by atoms with Gasteiger partial charge in [0.15, 0.2) is 11.5 Å². The van der Waals surface area contributed by atoms with Crippen LogP contribution in [0.5, 0.6) is 5.88 Å². The van der Waals surface area contributed by atoms with Gasteiger partial charge in [0, 0.05) is 51.8 Å². The van der Waals surface area contributed by atoms with Crippen LogP contribution >= 0.6 is 0 Å². The number of Topliss-reactive ketones (excluding diaryl/α,β-unsaturated/α-hetero) is 1. The maximum Gasteiger partial charge on any atom is 0.410 e. The van der Waals surface area contributed by atoms with E-state index in [9.17, 15) is 19.5 Å². The molecule has 266 valence electrons. The summed E-state index contributed by atoms with van der Waals surface area (Å²) >= 11 is 0. The molecule has 2 aromatic heterocycles. The van der Waals surface area contributed by atoms with Crippen molar-refractivity contribution >= 4 is 17.8 Å². The van der Waals surface area contributed by atoms with Gasteiger partial charge in [-0.3, -0.25) is 14.3 Å². The Bertz CT molecular complexity index is 1580. The standard InChI is InChI=1S/C37H51N5O7/c1-23(2)34(32-20-33(39-49-32)47-22-25-13-16-41(17-14-25)36(46)48-37(4,5)6)35(45)42-21-28(43)19-30(42)31(44)18-24(3)26-8-10-27(11-9-26)29-12-15-38-40(29)7/h8-12,15,20,23-25,28,30,34,43H,13-14,16-19,21-22H2,1-7H3/t24-,28-,30+,34?/m1/s1. The molecule has 49 heavy (non-hydrogen) atoms. The van der Waals surface area contributed by atoms with Gasteiger partial charge in [0.1, 0.15) is 11.5 Å². The van der Waals surface area contributed by atoms with Gasteiger partial charge >= 0.3 is 6.09 Å². The van der Waals surface area contributed by atoms with Crippen molar-refractivity contribution in [3.63, 3.8) is 0 Å². The van der Waals surface area contributed by atoms with Gasteiger partial charge in [-0.05, 0) is 73.7 Å². The first-order valence-corrected chi connectivity index (χ1v) is 17.4. The minimum atomic E-state index is -0.783. The van der Waals surface area contributed by atoms with E-state index in [-0.39, 0.29) is 54.9 Å². The van der Waals surface area contributed by atoms with Gasteiger partial charge in [0.05, 0.1) is 24.4 Å². The Morgan fingerprint density at radius 2 is 1.76 bits per heavy atom. The molecule has 2 aliphatic heterocycles. The fourth-order valence-corrected chi connectivity index (χ4v) is 6.77. The molecule has 0 saturated carbocycles. The molecule has 2 amide bonds. The summed E-state index contributed by atoms with van der Waals surface area (Å²) in [5.74, 6) is -0.368. The topological polar surface area (TPSA) is 140 Å². The third-order valence-electron chi connectivity index (χ3n) is 9.52. The molecule has 4 heterocycles. The lowest BCUT2D eigenvalue weighted by Gasteiger charge is -2.33. The Balaban J connectivity index is 1.17. The normalized spacial score (nSPS) is 20.0. The first kappa shape index (κ1) is 36.1. The van der Waals surface area contributed by atoms with Crippen LogP contribution in [-0.2, 0) is 21.4 Å². The molecule has 12 heteroatoms. The summed E-state index contributed by atoms with van der Waals surface area (Å²) in [6, 6.07) is 11.0. The van der Waals surface area contributed by atoms with Gasteiger partial charge in [-0.15, -0.1) is 0 Å². The smallest absolute Gasteiger partial charge is 0.410 e. The molecule has 4 atom stereocenters. The summed E-state index contributed by atoms with van der Waals surface area (Å²) in [5, 5.41) is 18.9. The number of ether oxygens (including phenoxy) is 2. The average molecular weight is 678 g/mol. The summed E-state index contributed by atoms with van der Waals surface area (Å²) in [4.78, 5) is 43.4. The molecule has 1 aromatic carbocycles. The number of piperidine rings is 1. The number of aliphatic hydroxyl groups is 1. The molecule has 0 radical (unpaired) electrons. The van der Waals surface area contributed by atoms with Crippen LogP contribution in [0.15, 0.2) is 47.1 Å². The Morgan fingerprint density at radius 1 is 1.06 bits per heavy atom. The van der Waals surface area contributed by atoms with Crippen LogP contribution in [-0.4, -0.2) is 91.6 Å². The quantitative estimate of drug-likeness (QED) is 0.276. The van der Waals surface area contributed by atoms with Gasteiger partial charge in [-0.1, -0.05) is 45.0 Å². The second-order valence-corrected chi connectivity index (χ2v) is 14.9. The number of aryl methyl sites for hydroxylation is 1. The van der Waals surface area contributed by atoms with Crippen LogP contribution in [0, 0.1) is 11.8 Å². The molecule has 0 spiro atoms. The molecule has 2 saturated heterocycles. The van der Waals surface area contributed by atoms with Crippen LogP contribution in [0.4, 0.5) is 4.79 Å². The predicted molar refractivity (Wildman–Crippen MR) is 183 cm³/mol. The van der Waals surface area contributed by atoms with E-state index in [1.165, 1.54) is 4.90 Å². The number of hydrogen-bond donors (Lipinski definition) is 1. The molecule has 2 aliphatic rings. The number of rotatable bonds is 11. The number of nitrogens with zero attached hydrogens (tertiary/aromatic N) is 5. The van der Waals surface area contributed by atoms with Gasteiger partial charge in [-0.25, -0.2) is 4.79 Å². The van der Waals surface area contributed by atoms with Gasteiger partial charge in [0.2, 0.25) is 5.91 Å². The minimum Gasteiger partial charge on any atom is -0.475 e. The highest BCUT2D eigenvalue weighted by atomic mass is 16.6. The monoisotopic (exact) mass is 677 g/mol. The van der Waals surface area contributed by atoms with E-state index in [4.69, 9.17) is 14.0 Å². The van der Waals surface area contributed by atoms with E-state index < -0.39 is 23.7 Å². The maximum atomic E-state index is 14.1. The highest BCUT2D eigenvalue weighted by molar-refractivity contribution is 5.92. The summed E-state index contributed by atoms with van der Waals surface area (Å²) in [6.45, 7) is 13.1. The summed E-state index contributed by atoms with van der Waals surface area (Å²) in [5.41, 5.74) is 2.54. The zero-order valence-corrected chi connectivity index (χ0v) is 29.8. The van der Waals surface area contributed by atoms with E-state index in [2.05, 4.69) is 10.3 Å². The zero-order chi connectivity index (χ0) is 35.5. The second-order valence-electron chi connectivity index (χ2n) is 14.9. The first-order valence-electron chi connectivity index (χ1n) is 17.4. The molecule has 1 unspecified atom stereocenters. The highest BCUT2D eigenvalue weighted by Crippen LogP contribution is 2.34. The molecular formula is C37H51N5O7. The van der Waals surface area contributed by atoms with Crippen LogP contribution < -0.4 is 4.74 Å². The lowest BCUT2D eigenvalue weighted by molar-refractivity contribution is -0.140. The summed E-state index contributed by atoms with van der Waals surface area (Å²) in [7, 11) is 1.90. The molecule has 12 nitrogen and oxygen atoms in total. The number of carbonyl (C=O) groups is 3. The molecule has 2 fully saturated rings. The number of amides is 2. The molecular weight excluding hydrogens is 626 g/mol. The summed E-state index contributed by atoms with van der Waals surface area (Å²) in [6.07, 6.45) is 2.68. The Kier molecular flexibility index (Phi) is 11.2. The SMILES string of the molecule is CC(C)C(C(=O)N1C[C@H](O)C[C@H]1C(=O)C[C@@H](C)c1ccc(-c2ccnn2C)cc1)c1cc(OCC2CCN(C(=O)OC(C)(C)C)CC2)no1. The van der Waals surface area contributed by atoms with Crippen molar-refractivity contribution in [2.24, 2.45) is 18.9 Å². The third-order valence-corrected chi connectivity index (χ3v) is 9.52. The van der Waals surface area contributed by atoms with Crippen molar-refractivity contribution in [1.29, 1.82) is 0 Å². The zero-order valence-electron chi connectivity index (χ0n) is 29.8. The molecule has 0 aliphatic carbocycles. The average Bonchev–Trinajstić information content (AvgIpc) is 3.79. The lowest BCUT2D eigenvalue weighted by Crippen LogP contribution is -2.44. The van der Waals surface area contributed by atoms with Crippen molar-refractivity contribution in [2.75, 3.05) is 26.2 Å². The second kappa shape index (κ2) is 15.1. The Hall–Kier alpha value is -4.19. The van der Waals surface area contributed by atoms with Crippen molar-refractivity contribution < 1.29 is 33.5 Å². The summed E-state index contributed by atoms with van der Waals surface area (Å²) < 4.78 is 18.9. The number of carbonyl (C=O) groups excluding carboxylic acids is 3. The number of ketones is 1. The highest BCUT2D eigenvalue weighted by Gasteiger charge is 2.43. The predicted octanol–water partition coefficient (Wildman–Crippen LogP) is 5.57. The molecule has 3 aromatic rings. The van der Waals surface area contributed by atoms with E-state index in [0.717, 1.165) is 29.7 Å². The van der Waals surface area contributed by atoms with E-state index in [1.54, 1.807) is 17.2 Å². The molecule has 1 N–H and O–H groups in total. The fourth-order valence-electron chi connectivity index (χ4n) is 6.77. The van der Waals surface area contributed by atoms with E-state index in [1.807, 2.05) is 83.6 Å². The van der Waals surface area contributed by atoms with Crippen molar-refractivity contribution in [2.45, 2.75) is 96.8 Å². The number of likely N-dealkylation sites (tertiary alicyclic amines) is 2. The van der Waals surface area contributed by atoms with Gasteiger partial charge in [-0.2, -0.15) is 5.10 Å². The van der Waals surface area contributed by atoms with E-state index >= 15 is 0 Å². The third kappa shape index (κ3) is 8.89. The van der Waals surface area contributed by atoms with Crippen molar-refractivity contribution in [1.82, 2.24) is 24.7 Å². The lowest BCUT2D eigenvalue weighted by atomic mass is 9.89. The number of aromatic nitrogens is 3. The number of benzene rings is 1. The largest absolute Gasteiger partial charge is 0.475 e. The number of hydrogen-bond acceptors (Lipinski definition) is 9. The van der Waals surface area contributed by atoms with E-state index in [0.29, 0.717) is 31.3 Å². The fraction of sp³-hybridized carbons (Fsp3) is 0.595. The maximum absolute atomic E-state index is 14.1. The Morgan fingerprint density at radius 3 is 2.37 bits per heavy atom.